The summed E-state index contributed by atoms with van der Waals surface area (Å²) in [6, 6.07) is -0.260. The third-order valence-corrected chi connectivity index (χ3v) is 2.06. The highest BCUT2D eigenvalue weighted by atomic mass is 16.3. The molecule has 0 fully saturated rings. The van der Waals surface area contributed by atoms with Crippen LogP contribution < -0.4 is 11.1 Å². The summed E-state index contributed by atoms with van der Waals surface area (Å²) >= 11 is 0. The number of nitrogens with one attached hydrogen (secondary N) is 1. The second-order valence-corrected chi connectivity index (χ2v) is 3.51. The Bertz CT molecular complexity index is 151. The molecule has 0 spiro atoms. The Kier molecular flexibility index (Phi) is 6.54. The Labute approximate surface area is 79.5 Å². The highest BCUT2D eigenvalue weighted by Crippen LogP contribution is 2.02. The van der Waals surface area contributed by atoms with Gasteiger partial charge in [-0.15, -0.1) is 0 Å². The molecule has 0 radical (unpaired) electrons. The molecule has 0 aromatic carbocycles. The van der Waals surface area contributed by atoms with Crippen molar-refractivity contribution in [2.24, 2.45) is 11.7 Å². The van der Waals surface area contributed by atoms with Crippen molar-refractivity contribution in [3.8, 4) is 0 Å². The molecule has 0 aliphatic rings. The summed E-state index contributed by atoms with van der Waals surface area (Å²) < 4.78 is 0. The van der Waals surface area contributed by atoms with Crippen molar-refractivity contribution in [1.82, 2.24) is 5.32 Å². The van der Waals surface area contributed by atoms with Gasteiger partial charge in [-0.05, 0) is 32.2 Å². The van der Waals surface area contributed by atoms with Gasteiger partial charge in [0, 0.05) is 6.61 Å². The van der Waals surface area contributed by atoms with E-state index >= 15 is 0 Å². The van der Waals surface area contributed by atoms with Gasteiger partial charge in [0.05, 0.1) is 6.04 Å². The first-order chi connectivity index (χ1) is 6.07. The molecule has 0 saturated carbocycles. The summed E-state index contributed by atoms with van der Waals surface area (Å²) in [7, 11) is 0. The summed E-state index contributed by atoms with van der Waals surface area (Å²) in [5.74, 6) is 0.0147. The summed E-state index contributed by atoms with van der Waals surface area (Å²) in [5.41, 5.74) is 5.06. The van der Waals surface area contributed by atoms with E-state index in [-0.39, 0.29) is 18.6 Å². The van der Waals surface area contributed by atoms with Crippen LogP contribution in [0.25, 0.3) is 0 Å². The minimum atomic E-state index is -0.324. The molecule has 2 atom stereocenters. The molecule has 0 bridgehead atoms. The van der Waals surface area contributed by atoms with E-state index in [0.29, 0.717) is 5.92 Å². The van der Waals surface area contributed by atoms with Crippen molar-refractivity contribution >= 4 is 5.91 Å². The average molecular weight is 188 g/mol. The van der Waals surface area contributed by atoms with E-state index in [1.165, 1.54) is 0 Å². The zero-order valence-corrected chi connectivity index (χ0v) is 8.42. The Morgan fingerprint density at radius 3 is 2.62 bits per heavy atom. The summed E-state index contributed by atoms with van der Waals surface area (Å²) in [4.78, 5) is 10.6. The fourth-order valence-corrected chi connectivity index (χ4v) is 0.961. The van der Waals surface area contributed by atoms with Gasteiger partial charge in [0.1, 0.15) is 0 Å². The molecule has 0 heterocycles. The quantitative estimate of drug-likeness (QED) is 0.487. The molecule has 0 aromatic rings. The summed E-state index contributed by atoms with van der Waals surface area (Å²) in [6.07, 6.45) is 1.92. The second-order valence-electron chi connectivity index (χ2n) is 3.51. The lowest BCUT2D eigenvalue weighted by atomic mass is 10.1. The third kappa shape index (κ3) is 6.54. The van der Waals surface area contributed by atoms with Crippen LogP contribution in [0, 0.1) is 5.92 Å². The van der Waals surface area contributed by atoms with Gasteiger partial charge in [-0.25, -0.2) is 0 Å². The average Bonchev–Trinajstić information content (AvgIpc) is 2.11. The number of aliphatic hydroxyl groups is 1. The lowest BCUT2D eigenvalue weighted by molar-refractivity contribution is -0.119. The Balaban J connectivity index is 3.30. The normalized spacial score (nSPS) is 15.3. The van der Waals surface area contributed by atoms with Crippen LogP contribution >= 0.6 is 0 Å². The van der Waals surface area contributed by atoms with E-state index in [9.17, 15) is 4.79 Å². The highest BCUT2D eigenvalue weighted by Gasteiger charge is 2.06. The molecule has 1 amide bonds. The number of primary amides is 1. The van der Waals surface area contributed by atoms with E-state index in [1.54, 1.807) is 6.92 Å². The molecule has 4 heteroatoms. The van der Waals surface area contributed by atoms with Crippen LogP contribution in [-0.4, -0.2) is 30.2 Å². The van der Waals surface area contributed by atoms with Gasteiger partial charge in [0.25, 0.3) is 0 Å². The smallest absolute Gasteiger partial charge is 0.234 e. The van der Waals surface area contributed by atoms with Crippen molar-refractivity contribution < 1.29 is 9.90 Å². The number of amides is 1. The predicted octanol–water partition coefficient (Wildman–Crippen LogP) is -0.142. The van der Waals surface area contributed by atoms with Crippen LogP contribution in [0.15, 0.2) is 0 Å². The van der Waals surface area contributed by atoms with E-state index in [0.717, 1.165) is 19.4 Å². The van der Waals surface area contributed by atoms with Crippen LogP contribution in [-0.2, 0) is 4.79 Å². The maximum Gasteiger partial charge on any atom is 0.234 e. The van der Waals surface area contributed by atoms with Crippen molar-refractivity contribution in [1.29, 1.82) is 0 Å². The lowest BCUT2D eigenvalue weighted by Crippen LogP contribution is -2.39. The largest absolute Gasteiger partial charge is 0.396 e. The van der Waals surface area contributed by atoms with E-state index in [1.807, 2.05) is 6.92 Å². The van der Waals surface area contributed by atoms with Gasteiger partial charge in [0.2, 0.25) is 5.91 Å². The minimum Gasteiger partial charge on any atom is -0.396 e. The lowest BCUT2D eigenvalue weighted by Gasteiger charge is -2.11. The monoisotopic (exact) mass is 188 g/mol. The topological polar surface area (TPSA) is 75.3 Å². The molecule has 78 valence electrons. The molecule has 4 N–H and O–H groups in total. The van der Waals surface area contributed by atoms with Gasteiger partial charge in [0.15, 0.2) is 0 Å². The molecular formula is C9H20N2O2. The molecule has 2 unspecified atom stereocenters. The molecule has 13 heavy (non-hydrogen) atoms. The molecular weight excluding hydrogens is 168 g/mol. The van der Waals surface area contributed by atoms with Crippen molar-refractivity contribution in [2.45, 2.75) is 32.7 Å². The van der Waals surface area contributed by atoms with Gasteiger partial charge < -0.3 is 16.2 Å². The number of rotatable bonds is 7. The second kappa shape index (κ2) is 6.86. The maximum absolute atomic E-state index is 10.6. The van der Waals surface area contributed by atoms with Gasteiger partial charge in [-0.3, -0.25) is 4.79 Å². The number of aliphatic hydroxyl groups excluding tert-OH is 1. The van der Waals surface area contributed by atoms with E-state index < -0.39 is 0 Å². The van der Waals surface area contributed by atoms with Crippen molar-refractivity contribution in [2.75, 3.05) is 13.2 Å². The summed E-state index contributed by atoms with van der Waals surface area (Å²) in [5, 5.41) is 11.7. The number of nitrogens with two attached hydrogens (primary N) is 1. The van der Waals surface area contributed by atoms with Gasteiger partial charge in [-0.2, -0.15) is 0 Å². The van der Waals surface area contributed by atoms with Gasteiger partial charge >= 0.3 is 0 Å². The van der Waals surface area contributed by atoms with Crippen molar-refractivity contribution in [3.05, 3.63) is 0 Å². The minimum absolute atomic E-state index is 0.228. The van der Waals surface area contributed by atoms with Crippen LogP contribution in [0.3, 0.4) is 0 Å². The number of hydrogen-bond donors (Lipinski definition) is 3. The molecule has 0 aliphatic heterocycles. The fourth-order valence-electron chi connectivity index (χ4n) is 0.961. The number of hydrogen-bond acceptors (Lipinski definition) is 3. The fraction of sp³-hybridized carbons (Fsp3) is 0.889. The zero-order valence-electron chi connectivity index (χ0n) is 8.42. The Morgan fingerprint density at radius 1 is 1.54 bits per heavy atom. The standard InChI is InChI=1S/C9H20N2O2/c1-7(6-12)4-3-5-11-8(2)9(10)13/h7-8,11-12H,3-6H2,1-2H3,(H2,10,13). The van der Waals surface area contributed by atoms with Crippen LogP contribution in [0.4, 0.5) is 0 Å². The van der Waals surface area contributed by atoms with Crippen LogP contribution in [0.2, 0.25) is 0 Å². The molecule has 0 saturated heterocycles. The molecule has 4 nitrogen and oxygen atoms in total. The van der Waals surface area contributed by atoms with Gasteiger partial charge in [-0.1, -0.05) is 6.92 Å². The molecule has 0 aromatic heterocycles. The van der Waals surface area contributed by atoms with E-state index in [2.05, 4.69) is 5.32 Å². The Hall–Kier alpha value is -0.610. The van der Waals surface area contributed by atoms with E-state index in [4.69, 9.17) is 10.8 Å². The third-order valence-electron chi connectivity index (χ3n) is 2.06. The zero-order chi connectivity index (χ0) is 10.3. The SMILES string of the molecule is CC(CO)CCCNC(C)C(N)=O. The molecule has 0 aliphatic carbocycles. The highest BCUT2D eigenvalue weighted by molar-refractivity contribution is 5.79. The molecule has 0 rings (SSSR count). The first-order valence-electron chi connectivity index (χ1n) is 4.71. The number of carbonyl (C=O) groups is 1. The summed E-state index contributed by atoms with van der Waals surface area (Å²) in [6.45, 7) is 4.75. The van der Waals surface area contributed by atoms with Crippen LogP contribution in [0.5, 0.6) is 0 Å². The first-order valence-corrected chi connectivity index (χ1v) is 4.71. The predicted molar refractivity (Wildman–Crippen MR) is 52.1 cm³/mol. The van der Waals surface area contributed by atoms with Crippen LogP contribution in [0.1, 0.15) is 26.7 Å². The number of carbonyl (C=O) groups excluding carboxylic acids is 1. The first kappa shape index (κ1) is 12.4. The van der Waals surface area contributed by atoms with Crippen molar-refractivity contribution in [3.63, 3.8) is 0 Å². The Morgan fingerprint density at radius 2 is 2.15 bits per heavy atom. The maximum atomic E-state index is 10.6.